The number of fused-ring (bicyclic) bond motifs is 1. The molecule has 0 fully saturated rings. The number of benzene rings is 3. The molecule has 3 aromatic rings. The van der Waals surface area contributed by atoms with Gasteiger partial charge in [0.05, 0.1) is 24.1 Å². The highest BCUT2D eigenvalue weighted by atomic mass is 35.5. The predicted molar refractivity (Wildman–Crippen MR) is 117 cm³/mol. The molecule has 1 heterocycles. The summed E-state index contributed by atoms with van der Waals surface area (Å²) in [5.41, 5.74) is 2.29. The summed E-state index contributed by atoms with van der Waals surface area (Å²) in [6, 6.07) is 17.8. The maximum Gasteiger partial charge on any atom is 0.254 e. The molecule has 2 amide bonds. The average molecular weight is 439 g/mol. The van der Waals surface area contributed by atoms with Gasteiger partial charge in [-0.2, -0.15) is 0 Å². The predicted octanol–water partition coefficient (Wildman–Crippen LogP) is 5.04. The van der Waals surface area contributed by atoms with Crippen LogP contribution in [0.4, 0.5) is 10.1 Å². The van der Waals surface area contributed by atoms with Gasteiger partial charge in [-0.25, -0.2) is 4.39 Å². The molecular weight excluding hydrogens is 419 g/mol. The zero-order chi connectivity index (χ0) is 22.1. The van der Waals surface area contributed by atoms with Crippen molar-refractivity contribution in [1.29, 1.82) is 0 Å². The van der Waals surface area contributed by atoms with E-state index in [-0.39, 0.29) is 16.8 Å². The highest BCUT2D eigenvalue weighted by Gasteiger charge is 2.42. The van der Waals surface area contributed by atoms with E-state index in [4.69, 9.17) is 16.3 Å². The summed E-state index contributed by atoms with van der Waals surface area (Å²) in [5.74, 6) is -1.06. The maximum absolute atomic E-state index is 13.5. The monoisotopic (exact) mass is 438 g/mol. The Labute approximate surface area is 184 Å². The third-order valence-electron chi connectivity index (χ3n) is 5.51. The number of hydrogen-bond acceptors (Lipinski definition) is 3. The lowest BCUT2D eigenvalue weighted by molar-refractivity contribution is -0.119. The van der Waals surface area contributed by atoms with Gasteiger partial charge in [0.15, 0.2) is 0 Å². The van der Waals surface area contributed by atoms with Crippen LogP contribution < -0.4 is 10.1 Å². The molecule has 0 saturated carbocycles. The number of nitrogens with one attached hydrogen (secondary N) is 1. The van der Waals surface area contributed by atoms with Crippen LogP contribution in [0.5, 0.6) is 5.75 Å². The van der Waals surface area contributed by atoms with E-state index in [9.17, 15) is 14.0 Å². The van der Waals surface area contributed by atoms with Crippen LogP contribution in [0.2, 0.25) is 5.02 Å². The zero-order valence-corrected chi connectivity index (χ0v) is 17.7. The van der Waals surface area contributed by atoms with Crippen LogP contribution in [0, 0.1) is 5.82 Å². The molecule has 0 spiro atoms. The van der Waals surface area contributed by atoms with Gasteiger partial charge in [0.1, 0.15) is 11.6 Å². The van der Waals surface area contributed by atoms with Crippen molar-refractivity contribution in [3.05, 3.63) is 94.3 Å². The van der Waals surface area contributed by atoms with Gasteiger partial charge in [0.2, 0.25) is 5.91 Å². The largest absolute Gasteiger partial charge is 0.497 e. The van der Waals surface area contributed by atoms with Crippen LogP contribution in [-0.2, 0) is 4.79 Å². The van der Waals surface area contributed by atoms with Gasteiger partial charge in [0.25, 0.3) is 5.91 Å². The second kappa shape index (κ2) is 8.40. The van der Waals surface area contributed by atoms with Crippen molar-refractivity contribution < 1.29 is 18.7 Å². The van der Waals surface area contributed by atoms with Crippen LogP contribution >= 0.6 is 11.6 Å². The summed E-state index contributed by atoms with van der Waals surface area (Å²) in [5, 5.41) is 2.74. The summed E-state index contributed by atoms with van der Waals surface area (Å²) in [6.07, 6.45) is 0. The van der Waals surface area contributed by atoms with Crippen molar-refractivity contribution in [3.8, 4) is 5.75 Å². The first kappa shape index (κ1) is 20.9. The molecule has 1 N–H and O–H groups in total. The standard InChI is InChI=1S/C24H20ClFN2O3/c1-28-22(14-7-10-16(31-2)11-8-14)21(17-5-3-4-6-18(17)24(28)30)23(29)27-15-9-12-20(26)19(25)13-15/h3-13,21-22H,1-2H3,(H,27,29)/t21-,22-/m1/s1. The van der Waals surface area contributed by atoms with Crippen LogP contribution in [0.15, 0.2) is 66.7 Å². The average Bonchev–Trinajstić information content (AvgIpc) is 2.78. The minimum Gasteiger partial charge on any atom is -0.497 e. The van der Waals surface area contributed by atoms with E-state index < -0.39 is 17.8 Å². The minimum atomic E-state index is -0.684. The van der Waals surface area contributed by atoms with Gasteiger partial charge < -0.3 is 15.0 Å². The first-order valence-electron chi connectivity index (χ1n) is 9.66. The lowest BCUT2D eigenvalue weighted by atomic mass is 9.79. The lowest BCUT2D eigenvalue weighted by Gasteiger charge is -2.39. The normalized spacial score (nSPS) is 17.8. The number of nitrogens with zero attached hydrogens (tertiary/aromatic N) is 1. The fourth-order valence-corrected chi connectivity index (χ4v) is 4.15. The first-order chi connectivity index (χ1) is 14.9. The molecule has 1 aliphatic heterocycles. The number of hydrogen-bond donors (Lipinski definition) is 1. The van der Waals surface area contributed by atoms with Crippen LogP contribution in [0.25, 0.3) is 0 Å². The number of halogens is 2. The number of carbonyl (C=O) groups excluding carboxylic acids is 2. The van der Waals surface area contributed by atoms with Crippen LogP contribution in [0.1, 0.15) is 33.4 Å². The molecule has 0 aromatic heterocycles. The Balaban J connectivity index is 1.78. The molecule has 1 aliphatic rings. The van der Waals surface area contributed by atoms with E-state index in [0.717, 1.165) is 5.56 Å². The van der Waals surface area contributed by atoms with Gasteiger partial charge in [-0.1, -0.05) is 41.9 Å². The highest BCUT2D eigenvalue weighted by Crippen LogP contribution is 2.42. The summed E-state index contributed by atoms with van der Waals surface area (Å²) in [7, 11) is 3.26. The molecule has 0 unspecified atom stereocenters. The molecule has 0 radical (unpaired) electrons. The Bertz CT molecular complexity index is 1150. The lowest BCUT2D eigenvalue weighted by Crippen LogP contribution is -2.44. The fourth-order valence-electron chi connectivity index (χ4n) is 3.97. The van der Waals surface area contributed by atoms with Crippen molar-refractivity contribution in [2.75, 3.05) is 19.5 Å². The Kier molecular flexibility index (Phi) is 5.65. The quantitative estimate of drug-likeness (QED) is 0.621. The minimum absolute atomic E-state index is 0.0826. The molecule has 2 atom stereocenters. The molecule has 7 heteroatoms. The summed E-state index contributed by atoms with van der Waals surface area (Å²) < 4.78 is 18.8. The van der Waals surface area contributed by atoms with Gasteiger partial charge in [-0.05, 0) is 47.5 Å². The second-order valence-corrected chi connectivity index (χ2v) is 7.72. The van der Waals surface area contributed by atoms with E-state index >= 15 is 0 Å². The number of rotatable bonds is 4. The third kappa shape index (κ3) is 3.86. The number of ether oxygens (including phenoxy) is 1. The molecule has 4 rings (SSSR count). The topological polar surface area (TPSA) is 58.6 Å². The van der Waals surface area contributed by atoms with E-state index in [1.54, 1.807) is 55.5 Å². The van der Waals surface area contributed by atoms with E-state index in [0.29, 0.717) is 22.6 Å². The van der Waals surface area contributed by atoms with Gasteiger partial charge in [-0.3, -0.25) is 9.59 Å². The summed E-state index contributed by atoms with van der Waals surface area (Å²) >= 11 is 5.87. The Morgan fingerprint density at radius 3 is 2.48 bits per heavy atom. The molecule has 0 saturated heterocycles. The number of likely N-dealkylation sites (N-methyl/N-ethyl adjacent to an activating group) is 1. The van der Waals surface area contributed by atoms with Crippen molar-refractivity contribution in [2.24, 2.45) is 0 Å². The van der Waals surface area contributed by atoms with Crippen molar-refractivity contribution in [3.63, 3.8) is 0 Å². The number of carbonyl (C=O) groups is 2. The Morgan fingerprint density at radius 1 is 1.10 bits per heavy atom. The number of amides is 2. The Hall–Kier alpha value is -3.38. The third-order valence-corrected chi connectivity index (χ3v) is 5.80. The molecule has 0 bridgehead atoms. The van der Waals surface area contributed by atoms with E-state index in [1.807, 2.05) is 12.1 Å². The summed E-state index contributed by atoms with van der Waals surface area (Å²) in [4.78, 5) is 28.1. The van der Waals surface area contributed by atoms with Crippen LogP contribution in [-0.4, -0.2) is 30.9 Å². The van der Waals surface area contributed by atoms with E-state index in [2.05, 4.69) is 5.32 Å². The Morgan fingerprint density at radius 2 is 1.81 bits per heavy atom. The molecule has 3 aromatic carbocycles. The number of methoxy groups -OCH3 is 1. The molecule has 31 heavy (non-hydrogen) atoms. The first-order valence-corrected chi connectivity index (χ1v) is 10.0. The SMILES string of the molecule is COc1ccc([C@@H]2[C@H](C(=O)Nc3ccc(F)c(Cl)c3)c3ccccc3C(=O)N2C)cc1. The zero-order valence-electron chi connectivity index (χ0n) is 16.9. The van der Waals surface area contributed by atoms with Crippen molar-refractivity contribution >= 4 is 29.1 Å². The van der Waals surface area contributed by atoms with Gasteiger partial charge in [-0.15, -0.1) is 0 Å². The number of anilines is 1. The molecule has 5 nitrogen and oxygen atoms in total. The van der Waals surface area contributed by atoms with Crippen molar-refractivity contribution in [2.45, 2.75) is 12.0 Å². The van der Waals surface area contributed by atoms with Crippen molar-refractivity contribution in [1.82, 2.24) is 4.90 Å². The van der Waals surface area contributed by atoms with Crippen LogP contribution in [0.3, 0.4) is 0 Å². The van der Waals surface area contributed by atoms with Gasteiger partial charge >= 0.3 is 0 Å². The highest BCUT2D eigenvalue weighted by molar-refractivity contribution is 6.31. The molecule has 0 aliphatic carbocycles. The second-order valence-electron chi connectivity index (χ2n) is 7.32. The van der Waals surface area contributed by atoms with E-state index in [1.165, 1.54) is 18.2 Å². The fraction of sp³-hybridized carbons (Fsp3) is 0.167. The smallest absolute Gasteiger partial charge is 0.254 e. The summed E-state index contributed by atoms with van der Waals surface area (Å²) in [6.45, 7) is 0. The maximum atomic E-state index is 13.5. The van der Waals surface area contributed by atoms with Gasteiger partial charge in [0, 0.05) is 18.3 Å². The molecule has 158 valence electrons. The molecular formula is C24H20ClFN2O3.